The van der Waals surface area contributed by atoms with Crippen molar-refractivity contribution in [1.82, 2.24) is 4.90 Å². The van der Waals surface area contributed by atoms with Gasteiger partial charge in [-0.3, -0.25) is 4.90 Å². The van der Waals surface area contributed by atoms with E-state index in [1.807, 2.05) is 0 Å². The predicted molar refractivity (Wildman–Crippen MR) is 122 cm³/mol. The summed E-state index contributed by atoms with van der Waals surface area (Å²) < 4.78 is 12.2. The molecule has 0 N–H and O–H groups in total. The minimum Gasteiger partial charge on any atom is -0.346 e. The van der Waals surface area contributed by atoms with Crippen LogP contribution in [0.4, 0.5) is 0 Å². The lowest BCUT2D eigenvalue weighted by Gasteiger charge is -2.28. The fourth-order valence-corrected chi connectivity index (χ4v) is 3.93. The molecule has 0 aliphatic carbocycles. The molecule has 2 atom stereocenters. The highest BCUT2D eigenvalue weighted by Gasteiger charge is 2.40. The first kappa shape index (κ1) is 25.7. The molecule has 1 fully saturated rings. The molecule has 1 saturated heterocycles. The predicted octanol–water partition coefficient (Wildman–Crippen LogP) is 7.45. The van der Waals surface area contributed by atoms with Crippen LogP contribution in [0.2, 0.25) is 0 Å². The number of allylic oxidation sites excluding steroid dienone is 2. The van der Waals surface area contributed by atoms with Gasteiger partial charge in [-0.05, 0) is 52.6 Å². The molecule has 166 valence electrons. The van der Waals surface area contributed by atoms with Crippen molar-refractivity contribution >= 4 is 0 Å². The molecule has 0 aromatic heterocycles. The van der Waals surface area contributed by atoms with Gasteiger partial charge in [-0.1, -0.05) is 83.8 Å². The lowest BCUT2D eigenvalue weighted by molar-refractivity contribution is -0.188. The van der Waals surface area contributed by atoms with Crippen LogP contribution in [-0.2, 0) is 9.47 Å². The zero-order valence-electron chi connectivity index (χ0n) is 19.5. The fourth-order valence-electron chi connectivity index (χ4n) is 3.93. The lowest BCUT2D eigenvalue weighted by Crippen LogP contribution is -2.34. The summed E-state index contributed by atoms with van der Waals surface area (Å²) >= 11 is 0. The van der Waals surface area contributed by atoms with Crippen LogP contribution >= 0.6 is 0 Å². The highest BCUT2D eigenvalue weighted by molar-refractivity contribution is 4.81. The molecule has 0 saturated carbocycles. The van der Waals surface area contributed by atoms with Crippen molar-refractivity contribution in [3.63, 3.8) is 0 Å². The zero-order chi connectivity index (χ0) is 20.5. The number of likely N-dealkylation sites (N-methyl/N-ethyl adjacent to an activating group) is 1. The molecule has 0 aromatic rings. The maximum Gasteiger partial charge on any atom is 0.170 e. The number of unbranched alkanes of at least 4 members (excludes halogenated alkanes) is 12. The standard InChI is InChI=1S/C25H49NO2/c1-5-7-8-9-10-11-12-13-14-15-16-17-18-19-20-21-22-25(6-2)27-23-24(28-25)26(3)4/h13-14,24H,5-12,15-23H2,1-4H3/b14-13-. The highest BCUT2D eigenvalue weighted by atomic mass is 16.8. The van der Waals surface area contributed by atoms with Crippen molar-refractivity contribution in [3.05, 3.63) is 12.2 Å². The Balaban J connectivity index is 1.89. The van der Waals surface area contributed by atoms with Crippen molar-refractivity contribution in [1.29, 1.82) is 0 Å². The van der Waals surface area contributed by atoms with Crippen LogP contribution in [0.5, 0.6) is 0 Å². The topological polar surface area (TPSA) is 21.7 Å². The summed E-state index contributed by atoms with van der Waals surface area (Å²) in [7, 11) is 4.12. The molecular weight excluding hydrogens is 346 g/mol. The van der Waals surface area contributed by atoms with Crippen molar-refractivity contribution in [2.24, 2.45) is 0 Å². The van der Waals surface area contributed by atoms with Crippen LogP contribution in [0.1, 0.15) is 117 Å². The molecule has 1 heterocycles. The van der Waals surface area contributed by atoms with Crippen LogP contribution in [0, 0.1) is 0 Å². The maximum absolute atomic E-state index is 6.18. The molecule has 3 nitrogen and oxygen atoms in total. The van der Waals surface area contributed by atoms with E-state index >= 15 is 0 Å². The molecule has 1 aliphatic heterocycles. The summed E-state index contributed by atoms with van der Waals surface area (Å²) in [5.74, 6) is -0.324. The van der Waals surface area contributed by atoms with Gasteiger partial charge in [0, 0.05) is 6.42 Å². The van der Waals surface area contributed by atoms with Crippen molar-refractivity contribution in [3.8, 4) is 0 Å². The van der Waals surface area contributed by atoms with Gasteiger partial charge in [-0.25, -0.2) is 0 Å². The first-order chi connectivity index (χ1) is 13.6. The number of ether oxygens (including phenoxy) is 2. The third-order valence-corrected chi connectivity index (χ3v) is 6.02. The molecule has 0 spiro atoms. The number of hydrogen-bond donors (Lipinski definition) is 0. The van der Waals surface area contributed by atoms with E-state index in [1.165, 1.54) is 89.9 Å². The van der Waals surface area contributed by atoms with Gasteiger partial charge in [0.1, 0.15) is 6.23 Å². The average Bonchev–Trinajstić information content (AvgIpc) is 3.13. The minimum atomic E-state index is -0.324. The van der Waals surface area contributed by atoms with Gasteiger partial charge < -0.3 is 9.47 Å². The Hall–Kier alpha value is -0.380. The first-order valence-electron chi connectivity index (χ1n) is 12.3. The van der Waals surface area contributed by atoms with Gasteiger partial charge >= 0.3 is 0 Å². The van der Waals surface area contributed by atoms with E-state index in [2.05, 4.69) is 45.0 Å². The molecule has 0 aromatic carbocycles. The quantitative estimate of drug-likeness (QED) is 0.178. The van der Waals surface area contributed by atoms with E-state index in [0.717, 1.165) is 12.8 Å². The smallest absolute Gasteiger partial charge is 0.170 e. The molecule has 0 bridgehead atoms. The van der Waals surface area contributed by atoms with E-state index in [0.29, 0.717) is 6.61 Å². The molecular formula is C25H49NO2. The van der Waals surface area contributed by atoms with Crippen LogP contribution < -0.4 is 0 Å². The van der Waals surface area contributed by atoms with Crippen LogP contribution in [-0.4, -0.2) is 37.6 Å². The van der Waals surface area contributed by atoms with Crippen molar-refractivity contribution in [2.75, 3.05) is 20.7 Å². The Kier molecular flexibility index (Phi) is 15.0. The zero-order valence-corrected chi connectivity index (χ0v) is 19.5. The molecule has 3 heteroatoms. The summed E-state index contributed by atoms with van der Waals surface area (Å²) in [5.41, 5.74) is 0. The third kappa shape index (κ3) is 11.6. The molecule has 2 unspecified atom stereocenters. The molecule has 0 amide bonds. The Morgan fingerprint density at radius 2 is 1.32 bits per heavy atom. The summed E-state index contributed by atoms with van der Waals surface area (Å²) in [4.78, 5) is 2.11. The third-order valence-electron chi connectivity index (χ3n) is 6.02. The highest BCUT2D eigenvalue weighted by Crippen LogP contribution is 2.33. The Morgan fingerprint density at radius 3 is 1.82 bits per heavy atom. The second kappa shape index (κ2) is 16.4. The van der Waals surface area contributed by atoms with Crippen molar-refractivity contribution in [2.45, 2.75) is 129 Å². The molecule has 1 rings (SSSR count). The lowest BCUT2D eigenvalue weighted by atomic mass is 10.0. The average molecular weight is 396 g/mol. The Labute approximate surface area is 176 Å². The summed E-state index contributed by atoms with van der Waals surface area (Å²) in [6, 6.07) is 0. The van der Waals surface area contributed by atoms with Gasteiger partial charge in [-0.15, -0.1) is 0 Å². The van der Waals surface area contributed by atoms with E-state index in [4.69, 9.17) is 9.47 Å². The SMILES string of the molecule is CCCCCCCC/C=C\CCCCCCCCC1(CC)OCC(N(C)C)O1. The van der Waals surface area contributed by atoms with Gasteiger partial charge in [0.25, 0.3) is 0 Å². The minimum absolute atomic E-state index is 0.120. The van der Waals surface area contributed by atoms with E-state index in [1.54, 1.807) is 0 Å². The Bertz CT molecular complexity index is 383. The van der Waals surface area contributed by atoms with Gasteiger partial charge in [0.2, 0.25) is 0 Å². The van der Waals surface area contributed by atoms with Crippen LogP contribution in [0.25, 0.3) is 0 Å². The van der Waals surface area contributed by atoms with E-state index < -0.39 is 0 Å². The van der Waals surface area contributed by atoms with Crippen LogP contribution in [0.15, 0.2) is 12.2 Å². The van der Waals surface area contributed by atoms with Gasteiger partial charge in [-0.2, -0.15) is 0 Å². The first-order valence-corrected chi connectivity index (χ1v) is 12.3. The summed E-state index contributed by atoms with van der Waals surface area (Å²) in [6.45, 7) is 5.16. The molecule has 0 radical (unpaired) electrons. The number of hydrogen-bond acceptors (Lipinski definition) is 3. The maximum atomic E-state index is 6.18. The molecule has 1 aliphatic rings. The monoisotopic (exact) mass is 395 g/mol. The van der Waals surface area contributed by atoms with Crippen LogP contribution in [0.3, 0.4) is 0 Å². The van der Waals surface area contributed by atoms with Gasteiger partial charge in [0.15, 0.2) is 5.79 Å². The fraction of sp³-hybridized carbons (Fsp3) is 0.920. The van der Waals surface area contributed by atoms with Gasteiger partial charge in [0.05, 0.1) is 6.61 Å². The summed E-state index contributed by atoms with van der Waals surface area (Å²) in [6.07, 6.45) is 25.8. The summed E-state index contributed by atoms with van der Waals surface area (Å²) in [5, 5.41) is 0. The molecule has 28 heavy (non-hydrogen) atoms. The Morgan fingerprint density at radius 1 is 0.786 bits per heavy atom. The number of nitrogens with zero attached hydrogens (tertiary/aromatic N) is 1. The second-order valence-corrected chi connectivity index (χ2v) is 8.80. The second-order valence-electron chi connectivity index (χ2n) is 8.80. The largest absolute Gasteiger partial charge is 0.346 e. The normalized spacial score (nSPS) is 22.7. The van der Waals surface area contributed by atoms with Crippen molar-refractivity contribution < 1.29 is 9.47 Å². The van der Waals surface area contributed by atoms with E-state index in [-0.39, 0.29) is 12.0 Å². The van der Waals surface area contributed by atoms with E-state index in [9.17, 15) is 0 Å². The number of rotatable bonds is 18.